The van der Waals surface area contributed by atoms with Crippen molar-refractivity contribution in [1.82, 2.24) is 10.1 Å². The van der Waals surface area contributed by atoms with Gasteiger partial charge < -0.3 is 19.3 Å². The van der Waals surface area contributed by atoms with Gasteiger partial charge in [0.15, 0.2) is 24.8 Å². The molecule has 1 aromatic heterocycles. The Morgan fingerprint density at radius 3 is 2.24 bits per heavy atom. The van der Waals surface area contributed by atoms with Crippen LogP contribution in [0.2, 0.25) is 0 Å². The van der Waals surface area contributed by atoms with Crippen molar-refractivity contribution in [3.05, 3.63) is 106 Å². The average Bonchev–Trinajstić information content (AvgIpc) is 3.34. The Balaban J connectivity index is 1.16. The fourth-order valence-corrected chi connectivity index (χ4v) is 3.82. The van der Waals surface area contributed by atoms with Crippen LogP contribution in [0.3, 0.4) is 0 Å². The maximum atomic E-state index is 12.8. The van der Waals surface area contributed by atoms with E-state index >= 15 is 0 Å². The Morgan fingerprint density at radius 1 is 0.892 bits per heavy atom. The second-order valence-electron chi connectivity index (χ2n) is 8.13. The lowest BCUT2D eigenvalue weighted by Gasteiger charge is -2.18. The van der Waals surface area contributed by atoms with Crippen LogP contribution >= 0.6 is 0 Å². The number of benzene rings is 3. The van der Waals surface area contributed by atoms with Gasteiger partial charge in [-0.3, -0.25) is 14.4 Å². The molecule has 0 atom stereocenters. The first-order valence-electron chi connectivity index (χ1n) is 11.2. The predicted molar refractivity (Wildman–Crippen MR) is 128 cm³/mol. The maximum Gasteiger partial charge on any atom is 0.338 e. The second kappa shape index (κ2) is 9.86. The summed E-state index contributed by atoms with van der Waals surface area (Å²) in [4.78, 5) is 54.3. The monoisotopic (exact) mass is 497 g/mol. The van der Waals surface area contributed by atoms with E-state index < -0.39 is 18.5 Å². The minimum atomic E-state index is -0.696. The number of nitrogens with zero attached hydrogens (tertiary/aromatic N) is 2. The van der Waals surface area contributed by atoms with Crippen LogP contribution < -0.4 is 10.1 Å². The summed E-state index contributed by atoms with van der Waals surface area (Å²) >= 11 is 0. The molecular weight excluding hydrogens is 478 g/mol. The first-order chi connectivity index (χ1) is 17.9. The zero-order valence-corrected chi connectivity index (χ0v) is 19.5. The lowest BCUT2D eigenvalue weighted by molar-refractivity contribution is -0.119. The SMILES string of the molecule is Cc1nc(COc2ccc(C(=O)OCC(=O)Nc3ccc4c(c3)C(=O)c3ccccc3C4=O)cc2)no1. The molecule has 0 unspecified atom stereocenters. The van der Waals surface area contributed by atoms with Crippen molar-refractivity contribution in [3.8, 4) is 5.75 Å². The van der Waals surface area contributed by atoms with E-state index in [1.165, 1.54) is 30.3 Å². The van der Waals surface area contributed by atoms with Gasteiger partial charge in [0.05, 0.1) is 5.56 Å². The van der Waals surface area contributed by atoms with Gasteiger partial charge in [-0.25, -0.2) is 4.79 Å². The largest absolute Gasteiger partial charge is 0.485 e. The number of esters is 1. The van der Waals surface area contributed by atoms with Crippen LogP contribution in [0.25, 0.3) is 0 Å². The van der Waals surface area contributed by atoms with E-state index in [2.05, 4.69) is 15.5 Å². The molecule has 5 rings (SSSR count). The number of rotatable bonds is 7. The van der Waals surface area contributed by atoms with E-state index in [-0.39, 0.29) is 34.9 Å². The summed E-state index contributed by atoms with van der Waals surface area (Å²) in [5.74, 6) is -0.531. The van der Waals surface area contributed by atoms with E-state index in [1.54, 1.807) is 43.3 Å². The first kappa shape index (κ1) is 23.6. The molecule has 3 aromatic carbocycles. The number of nitrogens with one attached hydrogen (secondary N) is 1. The van der Waals surface area contributed by atoms with Crippen LogP contribution in [-0.2, 0) is 16.1 Å². The maximum absolute atomic E-state index is 12.8. The second-order valence-corrected chi connectivity index (χ2v) is 8.13. The number of fused-ring (bicyclic) bond motifs is 2. The van der Waals surface area contributed by atoms with Crippen LogP contribution in [0.5, 0.6) is 5.75 Å². The van der Waals surface area contributed by atoms with E-state index in [4.69, 9.17) is 14.0 Å². The van der Waals surface area contributed by atoms with Gasteiger partial charge in [-0.15, -0.1) is 0 Å². The molecule has 0 saturated heterocycles. The normalized spacial score (nSPS) is 11.9. The van der Waals surface area contributed by atoms with E-state index in [0.717, 1.165) is 0 Å². The third kappa shape index (κ3) is 4.98. The van der Waals surface area contributed by atoms with Crippen molar-refractivity contribution in [3.63, 3.8) is 0 Å². The number of aromatic nitrogens is 2. The summed E-state index contributed by atoms with van der Waals surface area (Å²) in [5, 5.41) is 6.31. The highest BCUT2D eigenvalue weighted by Crippen LogP contribution is 2.29. The summed E-state index contributed by atoms with van der Waals surface area (Å²) in [6.07, 6.45) is 0. The van der Waals surface area contributed by atoms with Crippen molar-refractivity contribution in [2.24, 2.45) is 0 Å². The van der Waals surface area contributed by atoms with Crippen molar-refractivity contribution in [2.75, 3.05) is 11.9 Å². The smallest absolute Gasteiger partial charge is 0.338 e. The molecule has 10 nitrogen and oxygen atoms in total. The van der Waals surface area contributed by atoms with Gasteiger partial charge in [0, 0.05) is 34.9 Å². The number of hydrogen-bond acceptors (Lipinski definition) is 9. The molecular formula is C27H19N3O7. The quantitative estimate of drug-likeness (QED) is 0.335. The third-order valence-corrected chi connectivity index (χ3v) is 5.57. The number of carbonyl (C=O) groups is 4. The fraction of sp³-hybridized carbons (Fsp3) is 0.111. The Bertz CT molecular complexity index is 1540. The predicted octanol–water partition coefficient (Wildman–Crippen LogP) is 3.53. The summed E-state index contributed by atoms with van der Waals surface area (Å²) < 4.78 is 15.5. The summed E-state index contributed by atoms with van der Waals surface area (Å²) in [6.45, 7) is 1.24. The number of carbonyl (C=O) groups excluding carboxylic acids is 4. The van der Waals surface area contributed by atoms with Crippen molar-refractivity contribution < 1.29 is 33.2 Å². The van der Waals surface area contributed by atoms with Gasteiger partial charge in [-0.05, 0) is 42.5 Å². The molecule has 0 spiro atoms. The summed E-state index contributed by atoms with van der Waals surface area (Å²) in [7, 11) is 0. The van der Waals surface area contributed by atoms with Crippen LogP contribution in [-0.4, -0.2) is 40.2 Å². The topological polar surface area (TPSA) is 138 Å². The molecule has 10 heteroatoms. The molecule has 0 fully saturated rings. The van der Waals surface area contributed by atoms with Gasteiger partial charge in [0.2, 0.25) is 11.7 Å². The van der Waals surface area contributed by atoms with Crippen LogP contribution in [0, 0.1) is 6.92 Å². The molecule has 0 saturated carbocycles. The van der Waals surface area contributed by atoms with Crippen LogP contribution in [0.4, 0.5) is 5.69 Å². The highest BCUT2D eigenvalue weighted by Gasteiger charge is 2.29. The summed E-state index contributed by atoms with van der Waals surface area (Å²) in [5.41, 5.74) is 1.68. The standard InChI is InChI=1S/C27H19N3O7/c1-15-28-23(30-37-15)13-35-18-9-6-16(7-10-18)27(34)36-14-24(31)29-17-8-11-21-22(12-17)26(33)20-5-3-2-4-19(20)25(21)32/h2-12H,13-14H2,1H3,(H,29,31). The first-order valence-corrected chi connectivity index (χ1v) is 11.2. The van der Waals surface area contributed by atoms with Gasteiger partial charge in [0.25, 0.3) is 5.91 Å². The van der Waals surface area contributed by atoms with Crippen molar-refractivity contribution in [2.45, 2.75) is 13.5 Å². The molecule has 0 radical (unpaired) electrons. The molecule has 1 heterocycles. The Kier molecular flexibility index (Phi) is 6.29. The molecule has 1 aliphatic carbocycles. The van der Waals surface area contributed by atoms with Crippen LogP contribution in [0.15, 0.2) is 71.3 Å². The van der Waals surface area contributed by atoms with Crippen molar-refractivity contribution >= 4 is 29.1 Å². The highest BCUT2D eigenvalue weighted by atomic mass is 16.5. The Labute approximate surface area is 210 Å². The van der Waals surface area contributed by atoms with Crippen LogP contribution in [0.1, 0.15) is 53.9 Å². The molecule has 1 N–H and O–H groups in total. The van der Waals surface area contributed by atoms with Gasteiger partial charge >= 0.3 is 5.97 Å². The lowest BCUT2D eigenvalue weighted by Crippen LogP contribution is -2.23. The molecule has 0 aliphatic heterocycles. The number of aryl methyl sites for hydroxylation is 1. The molecule has 37 heavy (non-hydrogen) atoms. The number of ether oxygens (including phenoxy) is 2. The van der Waals surface area contributed by atoms with Gasteiger partial charge in [0.1, 0.15) is 5.75 Å². The number of anilines is 1. The lowest BCUT2D eigenvalue weighted by atomic mass is 9.84. The average molecular weight is 497 g/mol. The zero-order chi connectivity index (χ0) is 25.9. The number of ketones is 2. The third-order valence-electron chi connectivity index (χ3n) is 5.57. The molecule has 184 valence electrons. The van der Waals surface area contributed by atoms with E-state index in [1.807, 2.05) is 0 Å². The van der Waals surface area contributed by atoms with E-state index in [9.17, 15) is 19.2 Å². The zero-order valence-electron chi connectivity index (χ0n) is 19.5. The minimum Gasteiger partial charge on any atom is -0.485 e. The van der Waals surface area contributed by atoms with Gasteiger partial charge in [-0.1, -0.05) is 29.4 Å². The minimum absolute atomic E-state index is 0.107. The molecule has 1 amide bonds. The molecule has 0 bridgehead atoms. The molecule has 4 aromatic rings. The Morgan fingerprint density at radius 2 is 1.57 bits per heavy atom. The fourth-order valence-electron chi connectivity index (χ4n) is 3.82. The highest BCUT2D eigenvalue weighted by molar-refractivity contribution is 6.28. The molecule has 1 aliphatic rings. The Hall–Kier alpha value is -5.12. The number of amides is 1. The van der Waals surface area contributed by atoms with E-state index in [0.29, 0.717) is 34.3 Å². The number of hydrogen-bond donors (Lipinski definition) is 1. The summed E-state index contributed by atoms with van der Waals surface area (Å²) in [6, 6.07) is 17.2. The van der Waals surface area contributed by atoms with Crippen molar-refractivity contribution in [1.29, 1.82) is 0 Å². The van der Waals surface area contributed by atoms with Gasteiger partial charge in [-0.2, -0.15) is 4.98 Å².